The van der Waals surface area contributed by atoms with Crippen LogP contribution in [0.5, 0.6) is 5.75 Å². The minimum atomic E-state index is -0.466. The van der Waals surface area contributed by atoms with Crippen LogP contribution >= 0.6 is 15.9 Å². The molecule has 1 aromatic carbocycles. The number of methoxy groups -OCH3 is 1. The van der Waals surface area contributed by atoms with Gasteiger partial charge in [-0.15, -0.1) is 0 Å². The van der Waals surface area contributed by atoms with Gasteiger partial charge in [0.2, 0.25) is 0 Å². The summed E-state index contributed by atoms with van der Waals surface area (Å²) in [5.74, 6) is 0.873. The van der Waals surface area contributed by atoms with Gasteiger partial charge in [0.1, 0.15) is 5.75 Å². The van der Waals surface area contributed by atoms with Crippen molar-refractivity contribution in [3.8, 4) is 5.75 Å². The first-order valence-electron chi connectivity index (χ1n) is 5.32. The van der Waals surface area contributed by atoms with Crippen molar-refractivity contribution in [2.45, 2.75) is 32.3 Å². The fourth-order valence-electron chi connectivity index (χ4n) is 1.61. The van der Waals surface area contributed by atoms with Crippen LogP contribution in [0.4, 0.5) is 0 Å². The lowest BCUT2D eigenvalue weighted by Gasteiger charge is -2.23. The maximum Gasteiger partial charge on any atom is 0.122 e. The smallest absolute Gasteiger partial charge is 0.122 e. The summed E-state index contributed by atoms with van der Waals surface area (Å²) in [5.41, 5.74) is 2.04. The number of hydrogen-bond donors (Lipinski definition) is 1. The number of benzene rings is 1. The van der Waals surface area contributed by atoms with Crippen molar-refractivity contribution in [1.82, 2.24) is 0 Å². The van der Waals surface area contributed by atoms with Gasteiger partial charge in [-0.2, -0.15) is 0 Å². The summed E-state index contributed by atoms with van der Waals surface area (Å²) in [7, 11) is 1.67. The second kappa shape index (κ2) is 5.19. The van der Waals surface area contributed by atoms with E-state index in [0.717, 1.165) is 16.9 Å². The van der Waals surface area contributed by atoms with E-state index in [-0.39, 0.29) is 5.41 Å². The molecule has 0 aliphatic heterocycles. The number of halogens is 1. The second-order valence-electron chi connectivity index (χ2n) is 4.88. The lowest BCUT2D eigenvalue weighted by atomic mass is 9.85. The molecule has 0 heterocycles. The zero-order chi connectivity index (χ0) is 12.3. The van der Waals surface area contributed by atoms with E-state index in [9.17, 15) is 5.11 Å². The summed E-state index contributed by atoms with van der Waals surface area (Å²) in [6, 6.07) is 5.84. The van der Waals surface area contributed by atoms with E-state index in [1.54, 1.807) is 7.11 Å². The molecule has 2 nitrogen and oxygen atoms in total. The van der Waals surface area contributed by atoms with Gasteiger partial charge < -0.3 is 9.84 Å². The van der Waals surface area contributed by atoms with Crippen LogP contribution in [0.1, 0.15) is 38.0 Å². The molecule has 0 spiro atoms. The van der Waals surface area contributed by atoms with Gasteiger partial charge >= 0.3 is 0 Å². The molecular weight excluding hydrogens is 268 g/mol. The lowest BCUT2D eigenvalue weighted by Crippen LogP contribution is -2.14. The van der Waals surface area contributed by atoms with Crippen LogP contribution in [0.15, 0.2) is 18.2 Å². The van der Waals surface area contributed by atoms with E-state index in [2.05, 4.69) is 36.7 Å². The van der Waals surface area contributed by atoms with E-state index in [1.807, 2.05) is 18.2 Å². The number of hydrogen-bond acceptors (Lipinski definition) is 2. The standard InChI is InChI=1S/C13H19BrO2/c1-13(2,3)10-7-9(11(15)8-14)5-6-12(10)16-4/h5-7,11,15H,8H2,1-4H3. The molecule has 1 aromatic rings. The van der Waals surface area contributed by atoms with Crippen molar-refractivity contribution >= 4 is 15.9 Å². The number of aliphatic hydroxyl groups excluding tert-OH is 1. The summed E-state index contributed by atoms with van der Waals surface area (Å²) in [6.07, 6.45) is -0.466. The fraction of sp³-hybridized carbons (Fsp3) is 0.538. The third kappa shape index (κ3) is 2.98. The average Bonchev–Trinajstić information content (AvgIpc) is 2.26. The molecule has 3 heteroatoms. The minimum absolute atomic E-state index is 0.00733. The highest BCUT2D eigenvalue weighted by Gasteiger charge is 2.20. The summed E-state index contributed by atoms with van der Waals surface area (Å²) in [5, 5.41) is 10.3. The first kappa shape index (κ1) is 13.5. The Hall–Kier alpha value is -0.540. The van der Waals surface area contributed by atoms with Crippen LogP contribution in [0.3, 0.4) is 0 Å². The Bertz CT molecular complexity index is 355. The molecule has 16 heavy (non-hydrogen) atoms. The van der Waals surface area contributed by atoms with E-state index in [1.165, 1.54) is 0 Å². The molecule has 0 aliphatic rings. The quantitative estimate of drug-likeness (QED) is 0.863. The molecule has 1 rings (SSSR count). The highest BCUT2D eigenvalue weighted by atomic mass is 79.9. The molecule has 0 fully saturated rings. The predicted octanol–water partition coefficient (Wildman–Crippen LogP) is 3.42. The third-order valence-corrected chi connectivity index (χ3v) is 3.18. The molecule has 0 amide bonds. The van der Waals surface area contributed by atoms with E-state index < -0.39 is 6.10 Å². The van der Waals surface area contributed by atoms with Gasteiger partial charge in [-0.1, -0.05) is 42.8 Å². The molecule has 0 saturated carbocycles. The topological polar surface area (TPSA) is 29.5 Å². The predicted molar refractivity (Wildman–Crippen MR) is 70.4 cm³/mol. The zero-order valence-corrected chi connectivity index (χ0v) is 11.8. The molecule has 0 radical (unpaired) electrons. The van der Waals surface area contributed by atoms with Crippen LogP contribution in [0.25, 0.3) is 0 Å². The normalized spacial score (nSPS) is 13.6. The van der Waals surface area contributed by atoms with Gasteiger partial charge in [-0.25, -0.2) is 0 Å². The SMILES string of the molecule is COc1ccc(C(O)CBr)cc1C(C)(C)C. The molecule has 90 valence electrons. The first-order chi connectivity index (χ1) is 7.40. The van der Waals surface area contributed by atoms with Gasteiger partial charge in [-0.05, 0) is 28.7 Å². The summed E-state index contributed by atoms with van der Waals surface area (Å²) < 4.78 is 5.35. The molecule has 1 unspecified atom stereocenters. The average molecular weight is 287 g/mol. The molecular formula is C13H19BrO2. The Balaban J connectivity index is 3.22. The molecule has 0 aliphatic carbocycles. The maximum atomic E-state index is 9.80. The molecule has 0 bridgehead atoms. The Morgan fingerprint density at radius 3 is 2.44 bits per heavy atom. The van der Waals surface area contributed by atoms with Crippen LogP contribution in [-0.4, -0.2) is 17.5 Å². The zero-order valence-electron chi connectivity index (χ0n) is 10.2. The maximum absolute atomic E-state index is 9.80. The monoisotopic (exact) mass is 286 g/mol. The number of aliphatic hydroxyl groups is 1. The number of ether oxygens (including phenoxy) is 1. The highest BCUT2D eigenvalue weighted by molar-refractivity contribution is 9.09. The molecule has 0 aromatic heterocycles. The van der Waals surface area contributed by atoms with E-state index in [0.29, 0.717) is 5.33 Å². The van der Waals surface area contributed by atoms with Crippen molar-refractivity contribution in [2.75, 3.05) is 12.4 Å². The summed E-state index contributed by atoms with van der Waals surface area (Å²) >= 11 is 3.28. The third-order valence-electron chi connectivity index (χ3n) is 2.56. The van der Waals surface area contributed by atoms with Gasteiger partial charge in [0.05, 0.1) is 13.2 Å². The van der Waals surface area contributed by atoms with E-state index in [4.69, 9.17) is 4.74 Å². The molecule has 1 N–H and O–H groups in total. The number of alkyl halides is 1. The Kier molecular flexibility index (Phi) is 4.39. The summed E-state index contributed by atoms with van der Waals surface area (Å²) in [6.45, 7) is 6.40. The Morgan fingerprint density at radius 1 is 1.38 bits per heavy atom. The fourth-order valence-corrected chi connectivity index (χ4v) is 1.98. The van der Waals surface area contributed by atoms with Gasteiger partial charge in [0.25, 0.3) is 0 Å². The van der Waals surface area contributed by atoms with Crippen LogP contribution in [-0.2, 0) is 5.41 Å². The van der Waals surface area contributed by atoms with Crippen molar-refractivity contribution < 1.29 is 9.84 Å². The lowest BCUT2D eigenvalue weighted by molar-refractivity contribution is 0.205. The van der Waals surface area contributed by atoms with Crippen LogP contribution < -0.4 is 4.74 Å². The summed E-state index contributed by atoms with van der Waals surface area (Å²) in [4.78, 5) is 0. The van der Waals surface area contributed by atoms with Crippen LogP contribution in [0.2, 0.25) is 0 Å². The Labute approximate surface area is 106 Å². The van der Waals surface area contributed by atoms with Crippen molar-refractivity contribution in [3.63, 3.8) is 0 Å². The van der Waals surface area contributed by atoms with Gasteiger partial charge in [-0.3, -0.25) is 0 Å². The second-order valence-corrected chi connectivity index (χ2v) is 5.53. The van der Waals surface area contributed by atoms with Crippen LogP contribution in [0, 0.1) is 0 Å². The Morgan fingerprint density at radius 2 is 2.00 bits per heavy atom. The molecule has 1 atom stereocenters. The number of rotatable bonds is 3. The van der Waals surface area contributed by atoms with Gasteiger partial charge in [0.15, 0.2) is 0 Å². The highest BCUT2D eigenvalue weighted by Crippen LogP contribution is 2.33. The van der Waals surface area contributed by atoms with Crippen molar-refractivity contribution in [2.24, 2.45) is 0 Å². The largest absolute Gasteiger partial charge is 0.496 e. The van der Waals surface area contributed by atoms with Crippen molar-refractivity contribution in [1.29, 1.82) is 0 Å². The van der Waals surface area contributed by atoms with Gasteiger partial charge in [0, 0.05) is 5.33 Å². The first-order valence-corrected chi connectivity index (χ1v) is 6.44. The minimum Gasteiger partial charge on any atom is -0.496 e. The van der Waals surface area contributed by atoms with E-state index >= 15 is 0 Å². The molecule has 0 saturated heterocycles. The van der Waals surface area contributed by atoms with Crippen molar-refractivity contribution in [3.05, 3.63) is 29.3 Å².